The van der Waals surface area contributed by atoms with E-state index in [1.165, 1.54) is 11.8 Å². The molecule has 2 heterocycles. The predicted octanol–water partition coefficient (Wildman–Crippen LogP) is 1.57. The van der Waals surface area contributed by atoms with Crippen LogP contribution in [0.5, 0.6) is 0 Å². The minimum atomic E-state index is -0.330. The van der Waals surface area contributed by atoms with Crippen molar-refractivity contribution >= 4 is 28.5 Å². The number of aliphatic hydroxyl groups is 1. The van der Waals surface area contributed by atoms with Crippen LogP contribution in [0, 0.1) is 6.92 Å². The highest BCUT2D eigenvalue weighted by molar-refractivity contribution is 8.15. The molecule has 1 aliphatic heterocycles. The highest BCUT2D eigenvalue weighted by atomic mass is 32.2. The molecule has 1 aliphatic rings. The van der Waals surface area contributed by atoms with Crippen LogP contribution >= 0.6 is 11.8 Å². The summed E-state index contributed by atoms with van der Waals surface area (Å²) in [5.74, 6) is 0.882. The molecule has 0 aliphatic carbocycles. The van der Waals surface area contributed by atoms with E-state index in [2.05, 4.69) is 9.97 Å². The molecule has 1 saturated heterocycles. The summed E-state index contributed by atoms with van der Waals surface area (Å²) in [4.78, 5) is 22.0. The van der Waals surface area contributed by atoms with E-state index in [1.807, 2.05) is 13.8 Å². The van der Waals surface area contributed by atoms with Gasteiger partial charge in [-0.15, -0.1) is 0 Å². The second kappa shape index (κ2) is 4.97. The zero-order chi connectivity index (χ0) is 14.2. The summed E-state index contributed by atoms with van der Waals surface area (Å²) in [7, 11) is 0. The lowest BCUT2D eigenvalue weighted by molar-refractivity contribution is 0.259. The van der Waals surface area contributed by atoms with Gasteiger partial charge in [-0.3, -0.25) is 9.69 Å². The molecule has 0 aromatic carbocycles. The number of aromatic nitrogens is 2. The molecule has 104 valence electrons. The number of aliphatic hydroxyl groups excluding tert-OH is 1. The third kappa shape index (κ3) is 2.40. The van der Waals surface area contributed by atoms with Gasteiger partial charge in [0.25, 0.3) is 5.24 Å². The Kier molecular flexibility index (Phi) is 3.69. The van der Waals surface area contributed by atoms with Gasteiger partial charge in [0, 0.05) is 11.4 Å². The number of nitrogens with two attached hydrogens (primary N) is 1. The fraction of sp³-hybridized carbons (Fsp3) is 0.583. The summed E-state index contributed by atoms with van der Waals surface area (Å²) in [6.45, 7) is 5.73. The zero-order valence-electron chi connectivity index (χ0n) is 11.3. The summed E-state index contributed by atoms with van der Waals surface area (Å²) in [6, 6.07) is -0.0780. The summed E-state index contributed by atoms with van der Waals surface area (Å²) in [5, 5.41) is 9.07. The molecular weight excluding hydrogens is 264 g/mol. The Hall–Kier alpha value is -1.34. The Balaban J connectivity index is 2.37. The quantitative estimate of drug-likeness (QED) is 0.874. The van der Waals surface area contributed by atoms with Crippen LogP contribution in [0.1, 0.15) is 26.1 Å². The maximum Gasteiger partial charge on any atom is 0.287 e. The molecule has 1 fully saturated rings. The highest BCUT2D eigenvalue weighted by Gasteiger charge is 2.48. The highest BCUT2D eigenvalue weighted by Crippen LogP contribution is 2.46. The van der Waals surface area contributed by atoms with E-state index < -0.39 is 0 Å². The van der Waals surface area contributed by atoms with E-state index in [1.54, 1.807) is 18.0 Å². The van der Waals surface area contributed by atoms with Crippen LogP contribution in [0.2, 0.25) is 0 Å². The monoisotopic (exact) mass is 282 g/mol. The van der Waals surface area contributed by atoms with Gasteiger partial charge in [-0.2, -0.15) is 0 Å². The lowest BCUT2D eigenvalue weighted by Crippen LogP contribution is -2.41. The molecule has 0 radical (unpaired) electrons. The number of thioether (sulfide) groups is 1. The number of anilines is 2. The molecule has 1 aromatic rings. The SMILES string of the molecule is Cc1ncc(N2C(=O)S[C@](C)(CCO)[C@@H]2C)c(N)n1. The molecule has 0 saturated carbocycles. The van der Waals surface area contributed by atoms with Gasteiger partial charge in [-0.25, -0.2) is 9.97 Å². The van der Waals surface area contributed by atoms with Crippen molar-refractivity contribution in [2.24, 2.45) is 0 Å². The lowest BCUT2D eigenvalue weighted by atomic mass is 9.97. The van der Waals surface area contributed by atoms with E-state index in [4.69, 9.17) is 10.8 Å². The molecule has 1 aromatic heterocycles. The topological polar surface area (TPSA) is 92.3 Å². The Bertz CT molecular complexity index is 511. The summed E-state index contributed by atoms with van der Waals surface area (Å²) in [6.07, 6.45) is 2.13. The van der Waals surface area contributed by atoms with Crippen molar-refractivity contribution in [2.75, 3.05) is 17.2 Å². The second-order valence-corrected chi connectivity index (χ2v) is 6.37. The molecule has 3 N–H and O–H groups in total. The molecule has 2 atom stereocenters. The molecule has 1 amide bonds. The van der Waals surface area contributed by atoms with Gasteiger partial charge in [0.15, 0.2) is 5.82 Å². The molecule has 19 heavy (non-hydrogen) atoms. The molecule has 0 spiro atoms. The van der Waals surface area contributed by atoms with Crippen LogP contribution in [0.15, 0.2) is 6.20 Å². The van der Waals surface area contributed by atoms with Gasteiger partial charge in [-0.05, 0) is 27.2 Å². The van der Waals surface area contributed by atoms with Gasteiger partial charge >= 0.3 is 0 Å². The van der Waals surface area contributed by atoms with E-state index in [-0.39, 0.29) is 22.6 Å². The van der Waals surface area contributed by atoms with Crippen LogP contribution in [0.4, 0.5) is 16.3 Å². The normalized spacial score (nSPS) is 27.1. The maximum absolute atomic E-state index is 12.2. The first-order chi connectivity index (χ1) is 8.89. The molecule has 0 unspecified atom stereocenters. The molecule has 0 bridgehead atoms. The van der Waals surface area contributed by atoms with Crippen molar-refractivity contribution in [3.05, 3.63) is 12.0 Å². The first-order valence-electron chi connectivity index (χ1n) is 6.11. The van der Waals surface area contributed by atoms with Gasteiger partial charge in [0.05, 0.1) is 12.2 Å². The van der Waals surface area contributed by atoms with Gasteiger partial charge in [0.1, 0.15) is 11.5 Å². The van der Waals surface area contributed by atoms with Crippen molar-refractivity contribution in [3.63, 3.8) is 0 Å². The van der Waals surface area contributed by atoms with Crippen molar-refractivity contribution in [1.29, 1.82) is 0 Å². The maximum atomic E-state index is 12.2. The third-order valence-corrected chi connectivity index (χ3v) is 4.96. The molecular formula is C12H18N4O2S. The van der Waals surface area contributed by atoms with Crippen LogP contribution in [-0.4, -0.2) is 37.7 Å². The summed E-state index contributed by atoms with van der Waals surface area (Å²) >= 11 is 1.23. The largest absolute Gasteiger partial charge is 0.396 e. The Morgan fingerprint density at radius 2 is 2.32 bits per heavy atom. The summed E-state index contributed by atoms with van der Waals surface area (Å²) < 4.78 is -0.330. The average Bonchev–Trinajstić information content (AvgIpc) is 2.52. The van der Waals surface area contributed by atoms with Crippen molar-refractivity contribution < 1.29 is 9.90 Å². The minimum Gasteiger partial charge on any atom is -0.396 e. The third-order valence-electron chi connectivity index (χ3n) is 3.57. The van der Waals surface area contributed by atoms with E-state index in [0.29, 0.717) is 23.8 Å². The average molecular weight is 282 g/mol. The fourth-order valence-corrected chi connectivity index (χ4v) is 3.44. The first-order valence-corrected chi connectivity index (χ1v) is 6.93. The number of hydrogen-bond donors (Lipinski definition) is 2. The van der Waals surface area contributed by atoms with Gasteiger partial charge in [0.2, 0.25) is 0 Å². The molecule has 2 rings (SSSR count). The second-order valence-electron chi connectivity index (χ2n) is 4.89. The molecule has 6 nitrogen and oxygen atoms in total. The Morgan fingerprint density at radius 3 is 2.89 bits per heavy atom. The van der Waals surface area contributed by atoms with Crippen molar-refractivity contribution in [2.45, 2.75) is 38.0 Å². The number of aryl methyl sites for hydroxylation is 1. The lowest BCUT2D eigenvalue weighted by Gasteiger charge is -2.30. The number of carbonyl (C=O) groups excluding carboxylic acids is 1. The number of hydrogen-bond acceptors (Lipinski definition) is 6. The van der Waals surface area contributed by atoms with Crippen LogP contribution in [0.25, 0.3) is 0 Å². The van der Waals surface area contributed by atoms with Crippen LogP contribution in [0.3, 0.4) is 0 Å². The fourth-order valence-electron chi connectivity index (χ4n) is 2.22. The molecule has 7 heteroatoms. The first kappa shape index (κ1) is 14.1. The number of nitrogen functional groups attached to an aromatic ring is 1. The standard InChI is InChI=1S/C12H18N4O2S/c1-7-12(3,4-5-17)19-11(18)16(7)9-6-14-8(2)15-10(9)13/h6-7,17H,4-5H2,1-3H3,(H2,13,14,15)/t7-,12+/m0/s1. The van der Waals surface area contributed by atoms with Crippen LogP contribution < -0.4 is 10.6 Å². The smallest absolute Gasteiger partial charge is 0.287 e. The summed E-state index contributed by atoms with van der Waals surface area (Å²) in [5.41, 5.74) is 6.42. The predicted molar refractivity (Wildman–Crippen MR) is 76.2 cm³/mol. The van der Waals surface area contributed by atoms with Gasteiger partial charge in [-0.1, -0.05) is 11.8 Å². The van der Waals surface area contributed by atoms with E-state index in [9.17, 15) is 4.79 Å². The Morgan fingerprint density at radius 1 is 1.63 bits per heavy atom. The number of carbonyl (C=O) groups is 1. The number of nitrogens with zero attached hydrogens (tertiary/aromatic N) is 3. The number of rotatable bonds is 3. The van der Waals surface area contributed by atoms with E-state index in [0.717, 1.165) is 0 Å². The van der Waals surface area contributed by atoms with Crippen LogP contribution in [-0.2, 0) is 0 Å². The van der Waals surface area contributed by atoms with E-state index >= 15 is 0 Å². The Labute approximate surface area is 116 Å². The van der Waals surface area contributed by atoms with Gasteiger partial charge < -0.3 is 10.8 Å². The number of amides is 1. The minimum absolute atomic E-state index is 0.0504. The zero-order valence-corrected chi connectivity index (χ0v) is 12.1. The van der Waals surface area contributed by atoms with Crippen molar-refractivity contribution in [3.8, 4) is 0 Å². The van der Waals surface area contributed by atoms with Crippen molar-refractivity contribution in [1.82, 2.24) is 9.97 Å².